The van der Waals surface area contributed by atoms with Crippen molar-refractivity contribution in [2.45, 2.75) is 0 Å². The van der Waals surface area contributed by atoms with Gasteiger partial charge in [0.15, 0.2) is 5.82 Å². The first kappa shape index (κ1) is 12.8. The summed E-state index contributed by atoms with van der Waals surface area (Å²) in [5.41, 5.74) is 0.864. The molecule has 0 spiro atoms. The zero-order valence-corrected chi connectivity index (χ0v) is 10.6. The number of aromatic nitrogens is 2. The lowest BCUT2D eigenvalue weighted by molar-refractivity contribution is 0.0697. The molecule has 0 saturated carbocycles. The largest absolute Gasteiger partial charge is 0.497 e. The van der Waals surface area contributed by atoms with Crippen molar-refractivity contribution < 1.29 is 14.6 Å². The van der Waals surface area contributed by atoms with E-state index in [0.29, 0.717) is 5.75 Å². The molecule has 19 heavy (non-hydrogen) atoms. The SMILES string of the molecule is COc1cccc(N(C)c2nnccc2C(=O)O)c1. The lowest BCUT2D eigenvalue weighted by atomic mass is 10.2. The number of ether oxygens (including phenoxy) is 1. The maximum Gasteiger partial charge on any atom is 0.339 e. The van der Waals surface area contributed by atoms with Crippen LogP contribution in [0, 0.1) is 0 Å². The van der Waals surface area contributed by atoms with E-state index in [-0.39, 0.29) is 11.4 Å². The van der Waals surface area contributed by atoms with E-state index in [0.717, 1.165) is 5.69 Å². The number of carboxylic acids is 1. The van der Waals surface area contributed by atoms with Crippen molar-refractivity contribution in [3.05, 3.63) is 42.1 Å². The van der Waals surface area contributed by atoms with Crippen LogP contribution < -0.4 is 9.64 Å². The maximum absolute atomic E-state index is 11.2. The summed E-state index contributed by atoms with van der Waals surface area (Å²) in [6.45, 7) is 0. The average Bonchev–Trinajstić information content (AvgIpc) is 2.46. The minimum Gasteiger partial charge on any atom is -0.497 e. The van der Waals surface area contributed by atoms with E-state index in [1.54, 1.807) is 25.1 Å². The van der Waals surface area contributed by atoms with E-state index in [9.17, 15) is 4.79 Å². The fourth-order valence-electron chi connectivity index (χ4n) is 1.68. The second kappa shape index (κ2) is 5.34. The molecule has 6 nitrogen and oxygen atoms in total. The Kier molecular flexibility index (Phi) is 3.61. The normalized spacial score (nSPS) is 10.0. The van der Waals surface area contributed by atoms with Crippen molar-refractivity contribution in [2.75, 3.05) is 19.1 Å². The van der Waals surface area contributed by atoms with Crippen LogP contribution >= 0.6 is 0 Å². The molecule has 98 valence electrons. The molecule has 1 aromatic heterocycles. The van der Waals surface area contributed by atoms with Gasteiger partial charge < -0.3 is 14.7 Å². The minimum absolute atomic E-state index is 0.0975. The molecule has 0 fully saturated rings. The Labute approximate surface area is 110 Å². The Morgan fingerprint density at radius 1 is 1.37 bits per heavy atom. The molecule has 6 heteroatoms. The summed E-state index contributed by atoms with van der Waals surface area (Å²) in [6.07, 6.45) is 1.35. The van der Waals surface area contributed by atoms with E-state index >= 15 is 0 Å². The first-order valence-electron chi connectivity index (χ1n) is 5.56. The van der Waals surface area contributed by atoms with Crippen molar-refractivity contribution in [3.8, 4) is 5.75 Å². The average molecular weight is 259 g/mol. The third-order valence-electron chi connectivity index (χ3n) is 2.69. The number of rotatable bonds is 4. The number of anilines is 2. The molecule has 1 heterocycles. The third kappa shape index (κ3) is 2.62. The molecule has 0 radical (unpaired) electrons. The molecule has 1 aromatic carbocycles. The molecule has 0 unspecified atom stereocenters. The van der Waals surface area contributed by atoms with Crippen LogP contribution in [0.2, 0.25) is 0 Å². The Hall–Kier alpha value is -2.63. The van der Waals surface area contributed by atoms with Gasteiger partial charge in [0.1, 0.15) is 11.3 Å². The van der Waals surface area contributed by atoms with Crippen LogP contribution in [-0.4, -0.2) is 35.4 Å². The van der Waals surface area contributed by atoms with Crippen molar-refractivity contribution in [3.63, 3.8) is 0 Å². The van der Waals surface area contributed by atoms with Gasteiger partial charge in [-0.05, 0) is 18.2 Å². The van der Waals surface area contributed by atoms with Crippen LogP contribution in [-0.2, 0) is 0 Å². The number of hydrogen-bond donors (Lipinski definition) is 1. The van der Waals surface area contributed by atoms with Gasteiger partial charge in [0.2, 0.25) is 0 Å². The van der Waals surface area contributed by atoms with Gasteiger partial charge in [-0.3, -0.25) is 0 Å². The Morgan fingerprint density at radius 3 is 2.84 bits per heavy atom. The highest BCUT2D eigenvalue weighted by molar-refractivity contribution is 5.94. The van der Waals surface area contributed by atoms with E-state index in [1.165, 1.54) is 12.3 Å². The van der Waals surface area contributed by atoms with Gasteiger partial charge in [-0.1, -0.05) is 6.07 Å². The first-order valence-corrected chi connectivity index (χ1v) is 5.56. The van der Waals surface area contributed by atoms with Crippen LogP contribution in [0.3, 0.4) is 0 Å². The fraction of sp³-hybridized carbons (Fsp3) is 0.154. The third-order valence-corrected chi connectivity index (χ3v) is 2.69. The predicted octanol–water partition coefficient (Wildman–Crippen LogP) is 1.95. The summed E-state index contributed by atoms with van der Waals surface area (Å²) in [5.74, 6) is -0.0759. The summed E-state index contributed by atoms with van der Waals surface area (Å²) in [5, 5.41) is 16.8. The second-order valence-electron chi connectivity index (χ2n) is 3.83. The molecular weight excluding hydrogens is 246 g/mol. The standard InChI is InChI=1S/C13H13N3O3/c1-16(9-4-3-5-10(8-9)19-2)12-11(13(17)18)6-7-14-15-12/h3-8H,1-2H3,(H,17,18). The summed E-state index contributed by atoms with van der Waals surface area (Å²) in [6, 6.07) is 8.68. The van der Waals surface area contributed by atoms with Gasteiger partial charge in [0.05, 0.1) is 13.3 Å². The molecule has 0 amide bonds. The van der Waals surface area contributed by atoms with E-state index in [1.807, 2.05) is 18.2 Å². The van der Waals surface area contributed by atoms with Crippen molar-refractivity contribution in [1.29, 1.82) is 0 Å². The highest BCUT2D eigenvalue weighted by Gasteiger charge is 2.16. The first-order chi connectivity index (χ1) is 9.13. The quantitative estimate of drug-likeness (QED) is 0.904. The highest BCUT2D eigenvalue weighted by Crippen LogP contribution is 2.27. The van der Waals surface area contributed by atoms with Gasteiger partial charge >= 0.3 is 5.97 Å². The minimum atomic E-state index is -1.04. The molecule has 0 saturated heterocycles. The van der Waals surface area contributed by atoms with Gasteiger partial charge in [0, 0.05) is 18.8 Å². The topological polar surface area (TPSA) is 75.5 Å². The van der Waals surface area contributed by atoms with E-state index < -0.39 is 5.97 Å². The molecule has 1 N–H and O–H groups in total. The lowest BCUT2D eigenvalue weighted by Gasteiger charge is -2.19. The van der Waals surface area contributed by atoms with Crippen molar-refractivity contribution in [1.82, 2.24) is 10.2 Å². The Bertz CT molecular complexity index is 601. The van der Waals surface area contributed by atoms with E-state index in [4.69, 9.17) is 9.84 Å². The summed E-state index contributed by atoms with van der Waals surface area (Å²) in [4.78, 5) is 12.8. The highest BCUT2D eigenvalue weighted by atomic mass is 16.5. The molecule has 0 bridgehead atoms. The summed E-state index contributed by atoms with van der Waals surface area (Å²) >= 11 is 0. The molecule has 0 aliphatic carbocycles. The van der Waals surface area contributed by atoms with Crippen molar-refractivity contribution in [2.24, 2.45) is 0 Å². The molecule has 2 aromatic rings. The van der Waals surface area contributed by atoms with Gasteiger partial charge in [-0.2, -0.15) is 5.10 Å². The molecule has 2 rings (SSSR count). The Morgan fingerprint density at radius 2 is 2.16 bits per heavy atom. The number of nitrogens with zero attached hydrogens (tertiary/aromatic N) is 3. The monoisotopic (exact) mass is 259 g/mol. The van der Waals surface area contributed by atoms with Crippen LogP contribution in [0.1, 0.15) is 10.4 Å². The van der Waals surface area contributed by atoms with Gasteiger partial charge in [-0.15, -0.1) is 5.10 Å². The number of methoxy groups -OCH3 is 1. The number of carbonyl (C=O) groups is 1. The number of benzene rings is 1. The predicted molar refractivity (Wildman–Crippen MR) is 70.0 cm³/mol. The van der Waals surface area contributed by atoms with Gasteiger partial charge in [-0.25, -0.2) is 4.79 Å². The van der Waals surface area contributed by atoms with Crippen LogP contribution in [0.25, 0.3) is 0 Å². The molecule has 0 aliphatic heterocycles. The molecular formula is C13H13N3O3. The number of aromatic carboxylic acids is 1. The second-order valence-corrected chi connectivity index (χ2v) is 3.83. The van der Waals surface area contributed by atoms with E-state index in [2.05, 4.69) is 10.2 Å². The smallest absolute Gasteiger partial charge is 0.339 e. The number of carboxylic acid groups (broad SMARTS) is 1. The van der Waals surface area contributed by atoms with Crippen molar-refractivity contribution >= 4 is 17.5 Å². The lowest BCUT2D eigenvalue weighted by Crippen LogP contribution is -2.16. The van der Waals surface area contributed by atoms with Crippen LogP contribution in [0.5, 0.6) is 5.75 Å². The summed E-state index contributed by atoms with van der Waals surface area (Å²) in [7, 11) is 3.30. The fourth-order valence-corrected chi connectivity index (χ4v) is 1.68. The number of hydrogen-bond acceptors (Lipinski definition) is 5. The zero-order chi connectivity index (χ0) is 13.8. The zero-order valence-electron chi connectivity index (χ0n) is 10.6. The van der Waals surface area contributed by atoms with Crippen LogP contribution in [0.4, 0.5) is 11.5 Å². The van der Waals surface area contributed by atoms with Gasteiger partial charge in [0.25, 0.3) is 0 Å². The molecule has 0 aliphatic rings. The maximum atomic E-state index is 11.2. The molecule has 0 atom stereocenters. The van der Waals surface area contributed by atoms with Crippen LogP contribution in [0.15, 0.2) is 36.5 Å². The Balaban J connectivity index is 2.43. The summed E-state index contributed by atoms with van der Waals surface area (Å²) < 4.78 is 5.14.